The Kier molecular flexibility index (Phi) is 16.3. The molecule has 0 saturated carbocycles. The van der Waals surface area contributed by atoms with Crippen LogP contribution in [-0.2, 0) is 33.1 Å². The molecule has 80 heavy (non-hydrogen) atoms. The molecule has 4 aromatic carbocycles. The summed E-state index contributed by atoms with van der Waals surface area (Å²) in [5, 5.41) is 1.39. The number of likely N-dealkylation sites (N-methyl/N-ethyl adjacent to an activating group) is 2. The van der Waals surface area contributed by atoms with Crippen molar-refractivity contribution in [2.45, 2.75) is 75.0 Å². The molecule has 5 heterocycles. The Labute approximate surface area is 479 Å². The molecule has 2 aliphatic carbocycles. The summed E-state index contributed by atoms with van der Waals surface area (Å²) >= 11 is 3.33. The Bertz CT molecular complexity index is 3890. The van der Waals surface area contributed by atoms with Crippen LogP contribution in [0.5, 0.6) is 0 Å². The van der Waals surface area contributed by atoms with Gasteiger partial charge in [0.1, 0.15) is 4.90 Å². The maximum Gasteiger partial charge on any atom is 0.296 e. The van der Waals surface area contributed by atoms with Gasteiger partial charge < -0.3 is 13.9 Å². The van der Waals surface area contributed by atoms with Crippen molar-refractivity contribution in [3.8, 4) is 21.1 Å². The van der Waals surface area contributed by atoms with Gasteiger partial charge in [0.05, 0.1) is 122 Å². The summed E-state index contributed by atoms with van der Waals surface area (Å²) in [6.07, 6.45) is 9.36. The van der Waals surface area contributed by atoms with Gasteiger partial charge >= 0.3 is 0 Å². The lowest BCUT2D eigenvalue weighted by Gasteiger charge is -2.31. The largest absolute Gasteiger partial charge is 0.325 e. The Morgan fingerprint density at radius 1 is 0.588 bits per heavy atom. The van der Waals surface area contributed by atoms with Crippen molar-refractivity contribution in [1.29, 1.82) is 0 Å². The van der Waals surface area contributed by atoms with Crippen molar-refractivity contribution in [3.05, 3.63) is 143 Å². The predicted octanol–water partition coefficient (Wildman–Crippen LogP) is 11.8. The second kappa shape index (κ2) is 23.1. The van der Waals surface area contributed by atoms with Crippen molar-refractivity contribution in [1.82, 2.24) is 14.9 Å². The van der Waals surface area contributed by atoms with E-state index in [1.165, 1.54) is 95.0 Å². The fraction of sp³-hybridized carbons (Fsp3) is 0.429. The quantitative estimate of drug-likeness (QED) is 0.0484. The van der Waals surface area contributed by atoms with Crippen molar-refractivity contribution in [2.24, 2.45) is 45.5 Å². The molecule has 17 heteroatoms. The molecule has 4 aromatic rings. The molecule has 7 aliphatic rings. The van der Waals surface area contributed by atoms with Crippen LogP contribution in [0.2, 0.25) is 0 Å². The second-order valence-corrected chi connectivity index (χ2v) is 29.1. The molecule has 0 radical (unpaired) electrons. The Morgan fingerprint density at radius 3 is 1.94 bits per heavy atom. The molecule has 420 valence electrons. The van der Waals surface area contributed by atoms with E-state index in [0.29, 0.717) is 34.7 Å². The van der Waals surface area contributed by atoms with Crippen molar-refractivity contribution >= 4 is 74.7 Å². The van der Waals surface area contributed by atoms with E-state index in [0.717, 1.165) is 106 Å². The number of hydrogen-bond acceptors (Lipinski definition) is 11. The fourth-order valence-electron chi connectivity index (χ4n) is 14.0. The smallest absolute Gasteiger partial charge is 0.296 e. The van der Waals surface area contributed by atoms with Crippen LogP contribution in [0.4, 0.5) is 11.4 Å². The van der Waals surface area contributed by atoms with E-state index in [9.17, 15) is 25.9 Å². The van der Waals surface area contributed by atoms with Gasteiger partial charge in [-0.3, -0.25) is 9.11 Å². The summed E-state index contributed by atoms with van der Waals surface area (Å²) in [5.74, 6) is 4.24. The summed E-state index contributed by atoms with van der Waals surface area (Å²) in [6.45, 7) is 14.0. The summed E-state index contributed by atoms with van der Waals surface area (Å²) in [7, 11) is -1.54. The minimum absolute atomic E-state index is 0.168. The Morgan fingerprint density at radius 2 is 1.21 bits per heavy atom. The monoisotopic (exact) mass is 1150 g/mol. The van der Waals surface area contributed by atoms with E-state index in [2.05, 4.69) is 87.3 Å². The number of likely N-dealkylation sites (tertiary alicyclic amines) is 3. The van der Waals surface area contributed by atoms with E-state index < -0.39 is 20.2 Å². The molecule has 0 aromatic heterocycles. The first-order valence-corrected chi connectivity index (χ1v) is 33.1. The van der Waals surface area contributed by atoms with Crippen LogP contribution < -0.4 is 10.7 Å². The van der Waals surface area contributed by atoms with Gasteiger partial charge in [0, 0.05) is 49.6 Å². The normalized spacial score (nSPS) is 25.3. The fourth-order valence-corrected chi connectivity index (χ4v) is 17.1. The van der Waals surface area contributed by atoms with Gasteiger partial charge in [0.25, 0.3) is 20.2 Å². The first-order valence-electron chi connectivity index (χ1n) is 28.5. The lowest BCUT2D eigenvalue weighted by atomic mass is 9.80. The van der Waals surface area contributed by atoms with Crippen LogP contribution in [0.25, 0.3) is 41.6 Å². The lowest BCUT2D eigenvalue weighted by molar-refractivity contribution is -0.900. The summed E-state index contributed by atoms with van der Waals surface area (Å²) in [4.78, 5) is 24.0. The molecule has 3 fully saturated rings. The zero-order chi connectivity index (χ0) is 56.0. The van der Waals surface area contributed by atoms with Crippen LogP contribution in [0.1, 0.15) is 63.5 Å². The van der Waals surface area contributed by atoms with Crippen LogP contribution in [0.3, 0.4) is 0 Å². The molecule has 13 nitrogen and oxygen atoms in total. The third kappa shape index (κ3) is 12.8. The first kappa shape index (κ1) is 56.5. The number of aromatic nitrogens is 2. The SMILES string of the molecule is CCC1CN(C)CC1CCC1C[N+](C)(CCc2cc3nc4ccccc4sc-3c/c2=N\c2cccc(S(=O)(=O)O)c2)CC1CCC1C[N+](C)(CCc2ccc3sc4c/c(=N\c5ccccc5S(=O)(=O)O)ccc-4nc3c2)CC1CC. The molecule has 3 saturated heterocycles. The van der Waals surface area contributed by atoms with Gasteiger partial charge in [0.2, 0.25) is 0 Å². The van der Waals surface area contributed by atoms with Crippen LogP contribution in [0.15, 0.2) is 141 Å². The second-order valence-electron chi connectivity index (χ2n) is 24.1. The summed E-state index contributed by atoms with van der Waals surface area (Å²) in [6, 6.07) is 37.4. The van der Waals surface area contributed by atoms with Crippen LogP contribution in [0, 0.1) is 35.5 Å². The topological polar surface area (TPSA) is 162 Å². The molecular weight excluding hydrogens is 1080 g/mol. The van der Waals surface area contributed by atoms with E-state index in [-0.39, 0.29) is 15.5 Å². The highest BCUT2D eigenvalue weighted by molar-refractivity contribution is 7.86. The first-order chi connectivity index (χ1) is 38.3. The molecule has 2 N–H and O–H groups in total. The van der Waals surface area contributed by atoms with Gasteiger partial charge in [-0.05, 0) is 147 Å². The zero-order valence-electron chi connectivity index (χ0n) is 46.6. The highest BCUT2D eigenvalue weighted by Crippen LogP contribution is 2.42. The van der Waals surface area contributed by atoms with Gasteiger partial charge in [-0.2, -0.15) is 16.8 Å². The minimum Gasteiger partial charge on any atom is -0.325 e. The van der Waals surface area contributed by atoms with Crippen molar-refractivity contribution < 1.29 is 34.9 Å². The highest BCUT2D eigenvalue weighted by atomic mass is 32.2. The maximum atomic E-state index is 12.2. The van der Waals surface area contributed by atoms with Gasteiger partial charge in [0.15, 0.2) is 0 Å². The van der Waals surface area contributed by atoms with E-state index in [4.69, 9.17) is 15.0 Å². The summed E-state index contributed by atoms with van der Waals surface area (Å²) in [5.41, 5.74) is 6.80. The minimum atomic E-state index is -4.42. The molecule has 11 rings (SSSR count). The van der Waals surface area contributed by atoms with E-state index in [1.54, 1.807) is 53.0 Å². The molecule has 0 amide bonds. The molecule has 5 aliphatic heterocycles. The summed E-state index contributed by atoms with van der Waals surface area (Å²) < 4.78 is 72.3. The average Bonchev–Trinajstić information content (AvgIpc) is 4.15. The van der Waals surface area contributed by atoms with Gasteiger partial charge in [-0.25, -0.2) is 20.0 Å². The zero-order valence-corrected chi connectivity index (χ0v) is 49.9. The van der Waals surface area contributed by atoms with Gasteiger partial charge in [-0.15, -0.1) is 22.7 Å². The van der Waals surface area contributed by atoms with E-state index in [1.807, 2.05) is 30.3 Å². The third-order valence-electron chi connectivity index (χ3n) is 18.2. The molecule has 0 spiro atoms. The molecule has 0 bridgehead atoms. The van der Waals surface area contributed by atoms with Gasteiger partial charge in [-0.1, -0.05) is 56.7 Å². The standard InChI is InChI=1S/C63H73N7O6S4/c1-6-43-36-68(3)37-46(43)20-21-48-40-70(5,30-28-45-32-58-62(77-59-17-10-8-15-53(59)66-58)35-56(45)65-50-13-12-14-52(33-50)79(71,72)73)41-49(48)23-22-47-39-69(4,38-44(47)7-2)29-27-42-19-26-60-57(31-42)67-54-25-24-51(34-61(54)78-60)64-55-16-9-11-18-63(55)80(74,75)76/h8-19,24-26,31-35,43-44,46-49H,6-7,20-23,27-30,36-41H2,1-5H3/p+2/b64-51-,65-56+. The Hall–Kier alpha value is -5.34. The number of fused-ring (bicyclic) bond motifs is 4. The number of hydrogen-bond donors (Lipinski definition) is 2. The molecule has 8 atom stereocenters. The van der Waals surface area contributed by atoms with Crippen molar-refractivity contribution in [3.63, 3.8) is 0 Å². The number of para-hydroxylation sites is 2. The number of nitrogens with zero attached hydrogens (tertiary/aromatic N) is 7. The number of quaternary nitrogens is 2. The molecule has 8 unspecified atom stereocenters. The highest BCUT2D eigenvalue weighted by Gasteiger charge is 2.46. The predicted molar refractivity (Wildman–Crippen MR) is 322 cm³/mol. The third-order valence-corrected chi connectivity index (χ3v) is 22.2. The molecular formula is C63H75N7O6S4+2. The van der Waals surface area contributed by atoms with Crippen LogP contribution >= 0.6 is 22.7 Å². The van der Waals surface area contributed by atoms with Crippen LogP contribution in [-0.4, -0.2) is 123 Å². The maximum absolute atomic E-state index is 12.2. The number of benzene rings is 6. The van der Waals surface area contributed by atoms with E-state index >= 15 is 0 Å². The average molecular weight is 1150 g/mol. The number of rotatable bonds is 18. The lowest BCUT2D eigenvalue weighted by Crippen LogP contribution is -2.44. The van der Waals surface area contributed by atoms with Crippen molar-refractivity contribution in [2.75, 3.05) is 73.5 Å². The Balaban J connectivity index is 0.793.